The molecular formula is C28H44O. The van der Waals surface area contributed by atoms with Gasteiger partial charge in [0, 0.05) is 0 Å². The molecule has 0 aromatic heterocycles. The van der Waals surface area contributed by atoms with E-state index in [9.17, 15) is 5.11 Å². The van der Waals surface area contributed by atoms with Crippen molar-refractivity contribution in [1.29, 1.82) is 0 Å². The molecule has 3 fully saturated rings. The van der Waals surface area contributed by atoms with E-state index in [4.69, 9.17) is 0 Å². The molecule has 0 aliphatic heterocycles. The van der Waals surface area contributed by atoms with Crippen LogP contribution in [0.1, 0.15) is 86.0 Å². The first-order valence-electron chi connectivity index (χ1n) is 12.2. The predicted molar refractivity (Wildman–Crippen MR) is 126 cm³/mol. The van der Waals surface area contributed by atoms with Crippen LogP contribution < -0.4 is 0 Å². The summed E-state index contributed by atoms with van der Waals surface area (Å²) in [6.45, 7) is 16.3. The first-order valence-corrected chi connectivity index (χ1v) is 12.2. The van der Waals surface area contributed by atoms with Crippen LogP contribution in [0.15, 0.2) is 47.6 Å². The van der Waals surface area contributed by atoms with Crippen molar-refractivity contribution in [3.63, 3.8) is 0 Å². The largest absolute Gasteiger partial charge is 0.393 e. The minimum atomic E-state index is -0.182. The molecule has 0 saturated heterocycles. The fraction of sp³-hybridized carbons (Fsp3) is 0.714. The van der Waals surface area contributed by atoms with Gasteiger partial charge in [-0.05, 0) is 91.9 Å². The van der Waals surface area contributed by atoms with Gasteiger partial charge in [0.05, 0.1) is 6.10 Å². The Kier molecular flexibility index (Phi) is 7.31. The lowest BCUT2D eigenvalue weighted by Crippen LogP contribution is -2.35. The van der Waals surface area contributed by atoms with Crippen LogP contribution in [0.3, 0.4) is 0 Å². The highest BCUT2D eigenvalue weighted by Crippen LogP contribution is 2.59. The standard InChI is InChI=1S/C28H44O/c1-19(2)20(3)9-10-22(5)26-15-16-27-23(8-7-17-28(26,27)6)12-13-24-18-25(29)14-11-21(24)4/h9-10,12-13,19-20,22,25-27,29H,4,7-8,11,14-18H2,1-3,5-6H3/b10-9+,23-12+,24-13-/t20-,22+,25-,26+,27-,28-/m0/s1. The second-order valence-corrected chi connectivity index (χ2v) is 10.9. The summed E-state index contributed by atoms with van der Waals surface area (Å²) in [6, 6.07) is 0. The van der Waals surface area contributed by atoms with E-state index < -0.39 is 0 Å². The van der Waals surface area contributed by atoms with Gasteiger partial charge in [-0.15, -0.1) is 0 Å². The van der Waals surface area contributed by atoms with Gasteiger partial charge in [-0.25, -0.2) is 0 Å². The highest BCUT2D eigenvalue weighted by Gasteiger charge is 2.50. The van der Waals surface area contributed by atoms with Crippen LogP contribution in [0.2, 0.25) is 0 Å². The van der Waals surface area contributed by atoms with Crippen molar-refractivity contribution >= 4 is 0 Å². The SMILES string of the molecule is C=C1CC[C@H](O)C/C1=C/C=C1\CCC[C@@]2(C)[C@@H]([C@H](C)/C=C/[C@H](C)C(C)C)CC[C@@H]12. The summed E-state index contributed by atoms with van der Waals surface area (Å²) in [4.78, 5) is 0. The average Bonchev–Trinajstić information content (AvgIpc) is 3.04. The lowest BCUT2D eigenvalue weighted by molar-refractivity contribution is 0.112. The minimum Gasteiger partial charge on any atom is -0.393 e. The van der Waals surface area contributed by atoms with Gasteiger partial charge in [0.2, 0.25) is 0 Å². The average molecular weight is 397 g/mol. The van der Waals surface area contributed by atoms with E-state index in [1.165, 1.54) is 43.3 Å². The molecular weight excluding hydrogens is 352 g/mol. The molecule has 0 aromatic rings. The van der Waals surface area contributed by atoms with Crippen LogP contribution in [0, 0.1) is 35.0 Å². The Labute approximate surface area is 180 Å². The molecule has 162 valence electrons. The minimum absolute atomic E-state index is 0.182. The Hall–Kier alpha value is -1.08. The van der Waals surface area contributed by atoms with Crippen molar-refractivity contribution in [1.82, 2.24) is 0 Å². The van der Waals surface area contributed by atoms with E-state index in [2.05, 4.69) is 65.5 Å². The predicted octanol–water partition coefficient (Wildman–Crippen LogP) is 7.64. The summed E-state index contributed by atoms with van der Waals surface area (Å²) in [7, 11) is 0. The van der Waals surface area contributed by atoms with Gasteiger partial charge in [0.1, 0.15) is 0 Å². The number of allylic oxidation sites excluding steroid dienone is 6. The number of fused-ring (bicyclic) bond motifs is 1. The third kappa shape index (κ3) is 4.98. The van der Waals surface area contributed by atoms with Gasteiger partial charge in [-0.2, -0.15) is 0 Å². The van der Waals surface area contributed by atoms with Crippen LogP contribution in [-0.4, -0.2) is 11.2 Å². The van der Waals surface area contributed by atoms with E-state index in [1.807, 2.05) is 0 Å². The van der Waals surface area contributed by atoms with Gasteiger partial charge in [0.25, 0.3) is 0 Å². The number of aliphatic hydroxyl groups excluding tert-OH is 1. The Morgan fingerprint density at radius 3 is 2.52 bits per heavy atom. The number of hydrogen-bond acceptors (Lipinski definition) is 1. The first kappa shape index (κ1) is 22.6. The van der Waals surface area contributed by atoms with Crippen molar-refractivity contribution in [3.8, 4) is 0 Å². The van der Waals surface area contributed by atoms with Crippen LogP contribution >= 0.6 is 0 Å². The summed E-state index contributed by atoms with van der Waals surface area (Å²) in [6.07, 6.45) is 18.8. The zero-order chi connectivity index (χ0) is 21.2. The molecule has 0 unspecified atom stereocenters. The quantitative estimate of drug-likeness (QED) is 0.473. The maximum absolute atomic E-state index is 10.0. The molecule has 1 nitrogen and oxygen atoms in total. The van der Waals surface area contributed by atoms with Crippen molar-refractivity contribution in [2.75, 3.05) is 0 Å². The molecule has 29 heavy (non-hydrogen) atoms. The van der Waals surface area contributed by atoms with E-state index in [0.717, 1.165) is 37.0 Å². The first-order chi connectivity index (χ1) is 13.7. The van der Waals surface area contributed by atoms with Crippen molar-refractivity contribution in [2.24, 2.45) is 35.0 Å². The topological polar surface area (TPSA) is 20.2 Å². The van der Waals surface area contributed by atoms with E-state index in [1.54, 1.807) is 5.57 Å². The van der Waals surface area contributed by atoms with Gasteiger partial charge in [0.15, 0.2) is 0 Å². The van der Waals surface area contributed by atoms with Crippen molar-refractivity contribution < 1.29 is 5.11 Å². The fourth-order valence-corrected chi connectivity index (χ4v) is 6.25. The molecule has 6 atom stereocenters. The Morgan fingerprint density at radius 2 is 1.79 bits per heavy atom. The summed E-state index contributed by atoms with van der Waals surface area (Å²) >= 11 is 0. The van der Waals surface area contributed by atoms with E-state index in [-0.39, 0.29) is 6.10 Å². The second-order valence-electron chi connectivity index (χ2n) is 10.9. The summed E-state index contributed by atoms with van der Waals surface area (Å²) in [5.74, 6) is 3.58. The smallest absolute Gasteiger partial charge is 0.0583 e. The molecule has 0 bridgehead atoms. The van der Waals surface area contributed by atoms with E-state index >= 15 is 0 Å². The lowest BCUT2D eigenvalue weighted by atomic mass is 9.61. The van der Waals surface area contributed by atoms with Crippen LogP contribution in [0.25, 0.3) is 0 Å². The molecule has 0 aromatic carbocycles. The molecule has 0 spiro atoms. The highest BCUT2D eigenvalue weighted by molar-refractivity contribution is 5.36. The Morgan fingerprint density at radius 1 is 1.03 bits per heavy atom. The number of hydrogen-bond donors (Lipinski definition) is 1. The zero-order valence-corrected chi connectivity index (χ0v) is 19.6. The van der Waals surface area contributed by atoms with Gasteiger partial charge < -0.3 is 5.11 Å². The molecule has 3 aliphatic rings. The molecule has 3 aliphatic carbocycles. The van der Waals surface area contributed by atoms with Crippen LogP contribution in [-0.2, 0) is 0 Å². The van der Waals surface area contributed by atoms with Crippen molar-refractivity contribution in [2.45, 2.75) is 92.1 Å². The van der Waals surface area contributed by atoms with Crippen LogP contribution in [0.5, 0.6) is 0 Å². The monoisotopic (exact) mass is 396 g/mol. The molecule has 0 radical (unpaired) electrons. The summed E-state index contributed by atoms with van der Waals surface area (Å²) in [5, 5.41) is 10.0. The molecule has 3 saturated carbocycles. The maximum atomic E-state index is 10.0. The Bertz CT molecular complexity index is 678. The molecule has 0 heterocycles. The molecule has 1 heteroatoms. The zero-order valence-electron chi connectivity index (χ0n) is 19.6. The second kappa shape index (κ2) is 9.38. The summed E-state index contributed by atoms with van der Waals surface area (Å²) < 4.78 is 0. The van der Waals surface area contributed by atoms with Crippen molar-refractivity contribution in [3.05, 3.63) is 47.6 Å². The lowest BCUT2D eigenvalue weighted by Gasteiger charge is -2.44. The third-order valence-corrected chi connectivity index (χ3v) is 8.63. The van der Waals surface area contributed by atoms with Gasteiger partial charge in [-0.3, -0.25) is 0 Å². The van der Waals surface area contributed by atoms with E-state index in [0.29, 0.717) is 17.3 Å². The summed E-state index contributed by atoms with van der Waals surface area (Å²) in [5.41, 5.74) is 4.61. The maximum Gasteiger partial charge on any atom is 0.0583 e. The van der Waals surface area contributed by atoms with Crippen LogP contribution in [0.4, 0.5) is 0 Å². The Balaban J connectivity index is 1.75. The molecule has 0 amide bonds. The number of aliphatic hydroxyl groups is 1. The number of rotatable bonds is 5. The normalized spacial score (nSPS) is 38.2. The molecule has 1 N–H and O–H groups in total. The fourth-order valence-electron chi connectivity index (χ4n) is 6.25. The molecule has 3 rings (SSSR count). The van der Waals surface area contributed by atoms with Gasteiger partial charge in [-0.1, -0.05) is 76.6 Å². The van der Waals surface area contributed by atoms with Gasteiger partial charge >= 0.3 is 0 Å². The highest BCUT2D eigenvalue weighted by atomic mass is 16.3. The third-order valence-electron chi connectivity index (χ3n) is 8.63.